The van der Waals surface area contributed by atoms with Crippen LogP contribution in [0.2, 0.25) is 0 Å². The molecule has 0 saturated carbocycles. The average Bonchev–Trinajstić information content (AvgIpc) is 3.22. The summed E-state index contributed by atoms with van der Waals surface area (Å²) in [4.78, 5) is 47.6. The number of thiazole rings is 1. The summed E-state index contributed by atoms with van der Waals surface area (Å²) in [5.74, 6) is -2.28. The Balaban J connectivity index is 1.54. The summed E-state index contributed by atoms with van der Waals surface area (Å²) in [5.41, 5.74) is 7.07. The lowest BCUT2D eigenvalue weighted by atomic mass is 10.0. The van der Waals surface area contributed by atoms with Gasteiger partial charge in [0.05, 0.1) is 11.7 Å². The van der Waals surface area contributed by atoms with Gasteiger partial charge in [0.25, 0.3) is 11.8 Å². The van der Waals surface area contributed by atoms with Crippen molar-refractivity contribution in [3.63, 3.8) is 0 Å². The van der Waals surface area contributed by atoms with Gasteiger partial charge >= 0.3 is 0 Å². The zero-order valence-corrected chi connectivity index (χ0v) is 19.3. The Kier molecular flexibility index (Phi) is 6.33. The fourth-order valence-electron chi connectivity index (χ4n) is 3.64. The summed E-state index contributed by atoms with van der Waals surface area (Å²) in [6.45, 7) is 2.22. The molecule has 0 spiro atoms. The first-order valence-corrected chi connectivity index (χ1v) is 11.7. The van der Waals surface area contributed by atoms with Crippen LogP contribution in [0.1, 0.15) is 11.4 Å². The Hall–Kier alpha value is -3.45. The molecule has 4 heterocycles. The number of carboxylic acids is 1. The molecule has 3 N–H and O–H groups in total. The number of aryl methyl sites for hydroxylation is 1. The molecule has 0 bridgehead atoms. The summed E-state index contributed by atoms with van der Waals surface area (Å²) in [6.07, 6.45) is 1.84. The number of aromatic nitrogens is 2. The minimum atomic E-state index is -1.43. The number of nitrogen functional groups attached to an aromatic ring is 1. The van der Waals surface area contributed by atoms with E-state index in [0.29, 0.717) is 17.9 Å². The van der Waals surface area contributed by atoms with E-state index >= 15 is 0 Å². The van der Waals surface area contributed by atoms with Gasteiger partial charge in [-0.1, -0.05) is 11.2 Å². The number of amides is 2. The number of hydrogen-bond acceptors (Lipinski definition) is 10. The second-order valence-electron chi connectivity index (χ2n) is 7.26. The minimum Gasteiger partial charge on any atom is -0.543 e. The minimum absolute atomic E-state index is 0.134. The number of nitrogens with one attached hydrogen (secondary N) is 1. The fraction of sp³-hybridized carbons (Fsp3) is 0.300. The predicted molar refractivity (Wildman–Crippen MR) is 119 cm³/mol. The van der Waals surface area contributed by atoms with Crippen LogP contribution in [0.3, 0.4) is 0 Å². The van der Waals surface area contributed by atoms with Gasteiger partial charge < -0.3 is 25.8 Å². The van der Waals surface area contributed by atoms with Gasteiger partial charge in [-0.05, 0) is 0 Å². The summed E-state index contributed by atoms with van der Waals surface area (Å²) >= 11 is 2.50. The number of nitrogens with two attached hydrogens (primary N) is 1. The lowest BCUT2D eigenvalue weighted by Crippen LogP contribution is -2.71. The lowest BCUT2D eigenvalue weighted by molar-refractivity contribution is -0.695. The molecule has 2 aromatic rings. The molecule has 172 valence electrons. The van der Waals surface area contributed by atoms with E-state index in [4.69, 9.17) is 10.6 Å². The normalized spacial score (nSPS) is 20.2. The van der Waals surface area contributed by atoms with Crippen LogP contribution in [0, 0.1) is 6.92 Å². The topological polar surface area (TPSA) is 154 Å². The van der Waals surface area contributed by atoms with E-state index in [2.05, 4.69) is 15.5 Å². The first-order valence-electron chi connectivity index (χ1n) is 9.78. The molecule has 1 saturated heterocycles. The monoisotopic (exact) mass is 488 g/mol. The van der Waals surface area contributed by atoms with Crippen molar-refractivity contribution in [2.75, 3.05) is 18.6 Å². The van der Waals surface area contributed by atoms with Crippen LogP contribution >= 0.6 is 23.1 Å². The van der Waals surface area contributed by atoms with E-state index < -0.39 is 29.2 Å². The van der Waals surface area contributed by atoms with Gasteiger partial charge in [0.2, 0.25) is 0 Å². The van der Waals surface area contributed by atoms with Crippen LogP contribution in [0.25, 0.3) is 0 Å². The first kappa shape index (κ1) is 22.7. The van der Waals surface area contributed by atoms with E-state index in [1.165, 1.54) is 23.8 Å². The number of carbonyl (C=O) groups is 3. The number of carbonyl (C=O) groups excluding carboxylic acids is 3. The van der Waals surface area contributed by atoms with E-state index in [1.807, 2.05) is 35.9 Å². The molecule has 0 radical (unpaired) electrons. The van der Waals surface area contributed by atoms with Crippen molar-refractivity contribution in [2.45, 2.75) is 24.9 Å². The molecule has 0 aromatic carbocycles. The highest BCUT2D eigenvalue weighted by atomic mass is 32.2. The molecular weight excluding hydrogens is 468 g/mol. The number of aliphatic carboxylic acids is 1. The van der Waals surface area contributed by atoms with Gasteiger partial charge in [0, 0.05) is 35.8 Å². The number of nitrogens with zero attached hydrogens (tertiary/aromatic N) is 4. The van der Waals surface area contributed by atoms with Gasteiger partial charge in [-0.15, -0.1) is 23.1 Å². The third kappa shape index (κ3) is 4.28. The maximum Gasteiger partial charge on any atom is 0.276 e. The highest BCUT2D eigenvalue weighted by Gasteiger charge is 2.53. The average molecular weight is 489 g/mol. The van der Waals surface area contributed by atoms with Crippen LogP contribution in [0.4, 0.5) is 5.13 Å². The van der Waals surface area contributed by atoms with Gasteiger partial charge in [0.15, 0.2) is 29.3 Å². The highest BCUT2D eigenvalue weighted by molar-refractivity contribution is 8.00. The Morgan fingerprint density at radius 3 is 2.88 bits per heavy atom. The molecule has 2 aliphatic heterocycles. The van der Waals surface area contributed by atoms with Crippen molar-refractivity contribution < 1.29 is 28.9 Å². The predicted octanol–water partition coefficient (Wildman–Crippen LogP) is -1.22. The number of pyridine rings is 1. The number of β-lactam (4-membered cyclic amide) rings is 1. The third-order valence-electron chi connectivity index (χ3n) is 5.22. The number of anilines is 1. The highest BCUT2D eigenvalue weighted by Crippen LogP contribution is 2.40. The van der Waals surface area contributed by atoms with Crippen molar-refractivity contribution in [2.24, 2.45) is 5.16 Å². The van der Waals surface area contributed by atoms with E-state index in [1.54, 1.807) is 5.38 Å². The smallest absolute Gasteiger partial charge is 0.276 e. The van der Waals surface area contributed by atoms with Crippen molar-refractivity contribution in [1.29, 1.82) is 0 Å². The molecule has 33 heavy (non-hydrogen) atoms. The zero-order chi connectivity index (χ0) is 23.7. The molecule has 2 aromatic heterocycles. The summed E-state index contributed by atoms with van der Waals surface area (Å²) < 4.78 is 1.90. The Labute approximate surface area is 196 Å². The molecular formula is C20H20N6O5S2. The fourth-order valence-corrected chi connectivity index (χ4v) is 5.52. The van der Waals surface area contributed by atoms with Crippen LogP contribution < -0.4 is 20.7 Å². The Morgan fingerprint density at radius 1 is 1.45 bits per heavy atom. The largest absolute Gasteiger partial charge is 0.543 e. The maximum absolute atomic E-state index is 12.9. The van der Waals surface area contributed by atoms with Crippen molar-refractivity contribution in [3.8, 4) is 0 Å². The van der Waals surface area contributed by atoms with E-state index in [9.17, 15) is 19.5 Å². The number of hydrogen-bond donors (Lipinski definition) is 2. The molecule has 13 heteroatoms. The summed E-state index contributed by atoms with van der Waals surface area (Å²) in [6, 6.07) is 4.72. The van der Waals surface area contributed by atoms with Gasteiger partial charge in [-0.25, -0.2) is 4.98 Å². The van der Waals surface area contributed by atoms with Gasteiger partial charge in [-0.2, -0.15) is 4.57 Å². The van der Waals surface area contributed by atoms with Crippen LogP contribution in [0.15, 0.2) is 46.2 Å². The van der Waals surface area contributed by atoms with E-state index in [0.717, 1.165) is 17.0 Å². The molecule has 11 nitrogen and oxygen atoms in total. The van der Waals surface area contributed by atoms with Crippen molar-refractivity contribution in [1.82, 2.24) is 15.2 Å². The number of carboxylic acid groups (broad SMARTS) is 1. The number of fused-ring (bicyclic) bond motifs is 1. The lowest BCUT2D eigenvalue weighted by Gasteiger charge is -2.50. The van der Waals surface area contributed by atoms with Gasteiger partial charge in [0.1, 0.15) is 24.2 Å². The standard InChI is InChI=1S/C20H20N6O5S2/c1-10-5-3-4-6-25(10)7-11-8-32-18-14(17(28)26(18)15(11)19(29)30)23-16(27)13(24-31-2)12-9-33-20(21)22-12/h3-6,9,14,18H,7-8H2,1-2H3,(H3-,21,22,23,27,29,30)/b24-13-/t14-,18+/m1/s1. The van der Waals surface area contributed by atoms with Crippen molar-refractivity contribution in [3.05, 3.63) is 52.4 Å². The Bertz CT molecular complexity index is 1190. The van der Waals surface area contributed by atoms with Gasteiger partial charge in [-0.3, -0.25) is 14.5 Å². The zero-order valence-electron chi connectivity index (χ0n) is 17.7. The Morgan fingerprint density at radius 2 is 2.24 bits per heavy atom. The van der Waals surface area contributed by atoms with Crippen LogP contribution in [-0.4, -0.2) is 57.7 Å². The molecule has 2 amide bonds. The number of rotatable bonds is 7. The number of thioether (sulfide) groups is 1. The van der Waals surface area contributed by atoms with Crippen LogP contribution in [-0.2, 0) is 25.8 Å². The molecule has 0 aliphatic carbocycles. The maximum atomic E-state index is 12.9. The molecule has 4 rings (SSSR count). The van der Waals surface area contributed by atoms with Crippen molar-refractivity contribution >= 4 is 51.7 Å². The third-order valence-corrected chi connectivity index (χ3v) is 7.23. The van der Waals surface area contributed by atoms with Crippen LogP contribution in [0.5, 0.6) is 0 Å². The summed E-state index contributed by atoms with van der Waals surface area (Å²) in [5, 5.41) is 19.5. The second-order valence-corrected chi connectivity index (χ2v) is 9.26. The van der Waals surface area contributed by atoms with E-state index in [-0.39, 0.29) is 22.2 Å². The molecule has 2 atom stereocenters. The second kappa shape index (κ2) is 9.19. The molecule has 1 fully saturated rings. The first-order chi connectivity index (χ1) is 15.8. The number of oxime groups is 1. The quantitative estimate of drug-likeness (QED) is 0.213. The SMILES string of the molecule is CO/N=C(\C(=O)N[C@@H]1C(=O)N2C(C(=O)[O-])=C(C[n+]3ccccc3C)CS[C@@H]12)c1csc(N)n1. The molecule has 2 aliphatic rings. The molecule has 0 unspecified atom stereocenters. The summed E-state index contributed by atoms with van der Waals surface area (Å²) in [7, 11) is 1.28.